The van der Waals surface area contributed by atoms with Crippen molar-refractivity contribution in [1.82, 2.24) is 0 Å². The van der Waals surface area contributed by atoms with Crippen molar-refractivity contribution in [3.8, 4) is 17.6 Å². The molecule has 0 atom stereocenters. The first-order valence-electron chi connectivity index (χ1n) is 8.73. The Morgan fingerprint density at radius 3 is 2.52 bits per heavy atom. The van der Waals surface area contributed by atoms with Gasteiger partial charge in [0.15, 0.2) is 11.5 Å². The second-order valence-corrected chi connectivity index (χ2v) is 5.99. The van der Waals surface area contributed by atoms with Gasteiger partial charge in [0.05, 0.1) is 36.7 Å². The second kappa shape index (κ2) is 10.2. The monoisotopic (exact) mass is 407 g/mol. The van der Waals surface area contributed by atoms with Crippen molar-refractivity contribution in [3.63, 3.8) is 0 Å². The lowest BCUT2D eigenvalue weighted by Crippen LogP contribution is -2.22. The minimum absolute atomic E-state index is 0.117. The molecule has 0 saturated carbocycles. The molecule has 2 rings (SSSR count). The van der Waals surface area contributed by atoms with Crippen LogP contribution in [0.2, 0.25) is 0 Å². The Morgan fingerprint density at radius 2 is 1.86 bits per heavy atom. The summed E-state index contributed by atoms with van der Waals surface area (Å²) in [6.45, 7) is -0.968. The zero-order chi connectivity index (χ0) is 21.3. The van der Waals surface area contributed by atoms with Crippen molar-refractivity contribution in [1.29, 1.82) is 5.26 Å². The fraction of sp³-hybridized carbons (Fsp3) is 0.300. The molecule has 0 bridgehead atoms. The van der Waals surface area contributed by atoms with Crippen molar-refractivity contribution in [2.75, 3.05) is 30.9 Å². The molecule has 0 radical (unpaired) electrons. The van der Waals surface area contributed by atoms with Gasteiger partial charge in [-0.3, -0.25) is 4.79 Å². The number of halogens is 3. The first-order chi connectivity index (χ1) is 13.8. The number of para-hydroxylation sites is 2. The molecule has 0 fully saturated rings. The van der Waals surface area contributed by atoms with E-state index in [4.69, 9.17) is 14.7 Å². The minimum atomic E-state index is -4.36. The normalized spacial score (nSPS) is 10.7. The van der Waals surface area contributed by atoms with E-state index in [-0.39, 0.29) is 30.3 Å². The SMILES string of the molecule is COc1cc(C#N)ccc1OCCCC(=O)Nc1ccccc1NCC(F)(F)F. The van der Waals surface area contributed by atoms with Crippen molar-refractivity contribution in [2.45, 2.75) is 19.0 Å². The Balaban J connectivity index is 1.83. The van der Waals surface area contributed by atoms with Gasteiger partial charge in [0.1, 0.15) is 6.54 Å². The van der Waals surface area contributed by atoms with Crippen LogP contribution in [0.25, 0.3) is 0 Å². The summed E-state index contributed by atoms with van der Waals surface area (Å²) in [5.74, 6) is 0.522. The predicted octanol–water partition coefficient (Wildman–Crippen LogP) is 4.34. The summed E-state index contributed by atoms with van der Waals surface area (Å²) in [7, 11) is 1.46. The van der Waals surface area contributed by atoms with E-state index in [9.17, 15) is 18.0 Å². The molecular weight excluding hydrogens is 387 g/mol. The zero-order valence-electron chi connectivity index (χ0n) is 15.7. The lowest BCUT2D eigenvalue weighted by molar-refractivity contribution is -0.116. The van der Waals surface area contributed by atoms with Crippen LogP contribution in [0.5, 0.6) is 11.5 Å². The third kappa shape index (κ3) is 7.25. The van der Waals surface area contributed by atoms with Gasteiger partial charge in [-0.05, 0) is 30.7 Å². The van der Waals surface area contributed by atoms with Crippen LogP contribution in [-0.4, -0.2) is 32.3 Å². The summed E-state index contributed by atoms with van der Waals surface area (Å²) < 4.78 is 47.9. The van der Waals surface area contributed by atoms with Crippen LogP contribution in [0, 0.1) is 11.3 Å². The number of amides is 1. The number of rotatable bonds is 9. The molecule has 0 spiro atoms. The number of nitriles is 1. The van der Waals surface area contributed by atoms with Crippen LogP contribution in [0.15, 0.2) is 42.5 Å². The highest BCUT2D eigenvalue weighted by molar-refractivity contribution is 5.94. The average molecular weight is 407 g/mol. The van der Waals surface area contributed by atoms with Gasteiger partial charge in [-0.15, -0.1) is 0 Å². The largest absolute Gasteiger partial charge is 0.493 e. The summed E-state index contributed by atoms with van der Waals surface area (Å²) in [4.78, 5) is 12.1. The maximum Gasteiger partial charge on any atom is 0.405 e. The van der Waals surface area contributed by atoms with Gasteiger partial charge in [0, 0.05) is 12.5 Å². The molecule has 2 aromatic carbocycles. The standard InChI is InChI=1S/C20H20F3N3O3/c1-28-18-11-14(12-24)8-9-17(18)29-10-4-7-19(27)26-16-6-3-2-5-15(16)25-13-20(21,22)23/h2-3,5-6,8-9,11,25H,4,7,10,13H2,1H3,(H,26,27). The number of nitrogens with zero attached hydrogens (tertiary/aromatic N) is 1. The number of anilines is 2. The van der Waals surface area contributed by atoms with Gasteiger partial charge < -0.3 is 20.1 Å². The maximum atomic E-state index is 12.4. The van der Waals surface area contributed by atoms with Gasteiger partial charge in [-0.2, -0.15) is 18.4 Å². The molecule has 0 aromatic heterocycles. The van der Waals surface area contributed by atoms with Crippen LogP contribution in [0.1, 0.15) is 18.4 Å². The summed E-state index contributed by atoms with van der Waals surface area (Å²) in [6.07, 6.45) is -3.86. The Bertz CT molecular complexity index is 879. The predicted molar refractivity (Wildman–Crippen MR) is 102 cm³/mol. The number of alkyl halides is 3. The molecule has 1 amide bonds. The second-order valence-electron chi connectivity index (χ2n) is 5.99. The lowest BCUT2D eigenvalue weighted by atomic mass is 10.2. The van der Waals surface area contributed by atoms with E-state index in [0.717, 1.165) is 0 Å². The highest BCUT2D eigenvalue weighted by Gasteiger charge is 2.27. The molecule has 0 saturated heterocycles. The first kappa shape index (κ1) is 21.9. The smallest absolute Gasteiger partial charge is 0.405 e. The summed E-state index contributed by atoms with van der Waals surface area (Å²) in [5, 5.41) is 13.8. The zero-order valence-corrected chi connectivity index (χ0v) is 15.7. The number of carbonyl (C=O) groups excluding carboxylic acids is 1. The Kier molecular flexibility index (Phi) is 7.71. The van der Waals surface area contributed by atoms with E-state index in [1.54, 1.807) is 30.3 Å². The van der Waals surface area contributed by atoms with Crippen molar-refractivity contribution in [2.24, 2.45) is 0 Å². The Labute approximate surface area is 166 Å². The topological polar surface area (TPSA) is 83.4 Å². The number of methoxy groups -OCH3 is 1. The summed E-state index contributed by atoms with van der Waals surface area (Å²) >= 11 is 0. The van der Waals surface area contributed by atoms with Crippen molar-refractivity contribution < 1.29 is 27.4 Å². The molecule has 0 heterocycles. The minimum Gasteiger partial charge on any atom is -0.493 e. The number of hydrogen-bond acceptors (Lipinski definition) is 5. The molecule has 0 aliphatic heterocycles. The molecule has 9 heteroatoms. The third-order valence-electron chi connectivity index (χ3n) is 3.78. The maximum absolute atomic E-state index is 12.4. The fourth-order valence-electron chi connectivity index (χ4n) is 2.43. The van der Waals surface area contributed by atoms with Gasteiger partial charge in [0.2, 0.25) is 5.91 Å². The fourth-order valence-corrected chi connectivity index (χ4v) is 2.43. The van der Waals surface area contributed by atoms with Crippen LogP contribution < -0.4 is 20.1 Å². The van der Waals surface area contributed by atoms with E-state index in [1.807, 2.05) is 6.07 Å². The molecular formula is C20H20F3N3O3. The number of nitrogens with one attached hydrogen (secondary N) is 2. The van der Waals surface area contributed by atoms with Gasteiger partial charge in [0.25, 0.3) is 0 Å². The van der Waals surface area contributed by atoms with Crippen LogP contribution >= 0.6 is 0 Å². The summed E-state index contributed by atoms with van der Waals surface area (Å²) in [6, 6.07) is 12.9. The molecule has 0 aliphatic rings. The van der Waals surface area contributed by atoms with Crippen LogP contribution in [0.3, 0.4) is 0 Å². The number of benzene rings is 2. The number of carbonyl (C=O) groups is 1. The highest BCUT2D eigenvalue weighted by atomic mass is 19.4. The number of hydrogen-bond donors (Lipinski definition) is 2. The molecule has 2 N–H and O–H groups in total. The molecule has 0 unspecified atom stereocenters. The van der Waals surface area contributed by atoms with Crippen molar-refractivity contribution in [3.05, 3.63) is 48.0 Å². The van der Waals surface area contributed by atoms with Gasteiger partial charge in [-0.1, -0.05) is 12.1 Å². The van der Waals surface area contributed by atoms with Crippen LogP contribution in [-0.2, 0) is 4.79 Å². The first-order valence-corrected chi connectivity index (χ1v) is 8.73. The quantitative estimate of drug-likeness (QED) is 0.605. The van der Waals surface area contributed by atoms with E-state index >= 15 is 0 Å². The van der Waals surface area contributed by atoms with Crippen molar-refractivity contribution >= 4 is 17.3 Å². The lowest BCUT2D eigenvalue weighted by Gasteiger charge is -2.14. The molecule has 2 aromatic rings. The van der Waals surface area contributed by atoms with E-state index in [0.29, 0.717) is 23.5 Å². The Morgan fingerprint density at radius 1 is 1.14 bits per heavy atom. The van der Waals surface area contributed by atoms with E-state index in [1.165, 1.54) is 19.2 Å². The molecule has 154 valence electrons. The van der Waals surface area contributed by atoms with E-state index < -0.39 is 12.7 Å². The molecule has 0 aliphatic carbocycles. The third-order valence-corrected chi connectivity index (χ3v) is 3.78. The number of ether oxygens (including phenoxy) is 2. The van der Waals surface area contributed by atoms with Gasteiger partial charge in [-0.25, -0.2) is 0 Å². The average Bonchev–Trinajstić information content (AvgIpc) is 2.70. The van der Waals surface area contributed by atoms with Gasteiger partial charge >= 0.3 is 6.18 Å². The van der Waals surface area contributed by atoms with Crippen LogP contribution in [0.4, 0.5) is 24.5 Å². The van der Waals surface area contributed by atoms with E-state index in [2.05, 4.69) is 10.6 Å². The molecule has 6 nitrogen and oxygen atoms in total. The molecule has 29 heavy (non-hydrogen) atoms. The highest BCUT2D eigenvalue weighted by Crippen LogP contribution is 2.28. The summed E-state index contributed by atoms with van der Waals surface area (Å²) in [5.41, 5.74) is 0.902. The Hall–Kier alpha value is -3.41.